The zero-order valence-corrected chi connectivity index (χ0v) is 18.6. The summed E-state index contributed by atoms with van der Waals surface area (Å²) < 4.78 is 16.0. The molecule has 0 unspecified atom stereocenters. The number of methoxy groups -OCH3 is 1. The van der Waals surface area contributed by atoms with Crippen LogP contribution in [0, 0.1) is 6.92 Å². The molecule has 3 aliphatic rings. The molecule has 9 nitrogen and oxygen atoms in total. The lowest BCUT2D eigenvalue weighted by Crippen LogP contribution is -2.68. The van der Waals surface area contributed by atoms with Gasteiger partial charge in [-0.15, -0.1) is 11.3 Å². The van der Waals surface area contributed by atoms with Gasteiger partial charge in [-0.3, -0.25) is 9.69 Å². The van der Waals surface area contributed by atoms with E-state index < -0.39 is 11.9 Å². The van der Waals surface area contributed by atoms with Crippen LogP contribution in [0.3, 0.4) is 0 Å². The predicted octanol–water partition coefficient (Wildman–Crippen LogP) is 1.12. The van der Waals surface area contributed by atoms with Crippen LogP contribution in [0.2, 0.25) is 0 Å². The van der Waals surface area contributed by atoms with Crippen LogP contribution in [0.25, 0.3) is 0 Å². The first-order chi connectivity index (χ1) is 14.4. The van der Waals surface area contributed by atoms with Crippen LogP contribution >= 0.6 is 11.3 Å². The quantitative estimate of drug-likeness (QED) is 0.349. The van der Waals surface area contributed by atoms with Gasteiger partial charge in [0.25, 0.3) is 5.91 Å². The fraction of sp³-hybridized carbons (Fsp3) is 0.650. The van der Waals surface area contributed by atoms with Crippen molar-refractivity contribution in [1.82, 2.24) is 4.90 Å². The first kappa shape index (κ1) is 22.7. The van der Waals surface area contributed by atoms with Gasteiger partial charge < -0.3 is 24.0 Å². The Balaban J connectivity index is 1.77. The Hall–Kier alpha value is -2.01. The van der Waals surface area contributed by atoms with Gasteiger partial charge in [0.15, 0.2) is 6.54 Å². The number of ether oxygens (including phenoxy) is 3. The van der Waals surface area contributed by atoms with Crippen LogP contribution in [0.4, 0.5) is 5.00 Å². The Kier molecular flexibility index (Phi) is 7.45. The molecule has 166 valence electrons. The summed E-state index contributed by atoms with van der Waals surface area (Å²) in [6.45, 7) is 10.2. The number of nitrogens with zero attached hydrogens (tertiary/aromatic N) is 2. The van der Waals surface area contributed by atoms with Crippen molar-refractivity contribution in [2.75, 3.05) is 78.1 Å². The van der Waals surface area contributed by atoms with Crippen LogP contribution in [0.5, 0.6) is 0 Å². The number of anilines is 1. The number of carbonyl (C=O) groups is 3. The van der Waals surface area contributed by atoms with E-state index in [2.05, 4.69) is 10.2 Å². The summed E-state index contributed by atoms with van der Waals surface area (Å²) in [7, 11) is 1.52. The number of fused-ring (bicyclic) bond motifs is 3. The van der Waals surface area contributed by atoms with E-state index in [4.69, 9.17) is 14.2 Å². The highest BCUT2D eigenvalue weighted by atomic mass is 32.1. The van der Waals surface area contributed by atoms with Crippen LogP contribution < -0.4 is 5.32 Å². The lowest BCUT2D eigenvalue weighted by Gasteiger charge is -2.50. The van der Waals surface area contributed by atoms with Crippen molar-refractivity contribution >= 4 is 34.2 Å². The standard InChI is InChI=1S/C20H29N3O6S/c1-4-28-19(25)16-14(2)17(20(26)29-12-11-27-3)30-18(16)21-15(24)13-23-8-5-22(6-9-23)7-10-23/h4-13H2,1-3H3/p+1. The second-order valence-corrected chi connectivity index (χ2v) is 8.69. The fourth-order valence-corrected chi connectivity index (χ4v) is 5.07. The number of hydrogen-bond acceptors (Lipinski definition) is 8. The van der Waals surface area contributed by atoms with E-state index in [0.717, 1.165) is 55.1 Å². The topological polar surface area (TPSA) is 94.2 Å². The molecule has 2 bridgehead atoms. The van der Waals surface area contributed by atoms with Gasteiger partial charge >= 0.3 is 11.9 Å². The van der Waals surface area contributed by atoms with Crippen molar-refractivity contribution in [3.05, 3.63) is 16.0 Å². The summed E-state index contributed by atoms with van der Waals surface area (Å²) >= 11 is 1.05. The van der Waals surface area contributed by atoms with Gasteiger partial charge in [-0.05, 0) is 19.4 Å². The van der Waals surface area contributed by atoms with Gasteiger partial charge in [0.05, 0.1) is 38.4 Å². The van der Waals surface area contributed by atoms with Crippen LogP contribution in [0.15, 0.2) is 0 Å². The Morgan fingerprint density at radius 2 is 1.73 bits per heavy atom. The van der Waals surface area contributed by atoms with Crippen LogP contribution in [-0.4, -0.2) is 100.0 Å². The largest absolute Gasteiger partial charge is 0.462 e. The number of rotatable bonds is 9. The van der Waals surface area contributed by atoms with Crippen molar-refractivity contribution in [3.8, 4) is 0 Å². The summed E-state index contributed by atoms with van der Waals surface area (Å²) in [4.78, 5) is 40.6. The molecule has 1 amide bonds. The molecule has 0 saturated carbocycles. The molecular weight excluding hydrogens is 410 g/mol. The number of carbonyl (C=O) groups excluding carboxylic acids is 3. The van der Waals surface area contributed by atoms with Gasteiger partial charge in [0, 0.05) is 26.7 Å². The third-order valence-corrected chi connectivity index (χ3v) is 6.92. The average Bonchev–Trinajstić information content (AvgIpc) is 3.05. The number of quaternary nitrogens is 1. The van der Waals surface area contributed by atoms with Crippen molar-refractivity contribution in [1.29, 1.82) is 0 Å². The Morgan fingerprint density at radius 3 is 2.33 bits per heavy atom. The molecule has 1 aromatic rings. The van der Waals surface area contributed by atoms with E-state index in [-0.39, 0.29) is 36.2 Å². The molecule has 3 saturated heterocycles. The molecular formula is C20H30N3O6S+. The zero-order chi connectivity index (χ0) is 21.7. The molecule has 10 heteroatoms. The van der Waals surface area contributed by atoms with Gasteiger partial charge in [-0.2, -0.15) is 0 Å². The normalized spacial score (nSPS) is 22.6. The maximum atomic E-state index is 12.9. The van der Waals surface area contributed by atoms with Gasteiger partial charge in [-0.1, -0.05) is 0 Å². The maximum Gasteiger partial charge on any atom is 0.348 e. The molecule has 0 aliphatic carbocycles. The molecule has 0 spiro atoms. The second-order valence-electron chi connectivity index (χ2n) is 7.67. The van der Waals surface area contributed by atoms with E-state index in [1.165, 1.54) is 7.11 Å². The minimum absolute atomic E-state index is 0.111. The number of amides is 1. The SMILES string of the molecule is CCOC(=O)c1c(NC(=O)C[N+]23CCN(CC2)CC3)sc(C(=O)OCCOC)c1C. The van der Waals surface area contributed by atoms with Crippen LogP contribution in [-0.2, 0) is 19.0 Å². The fourth-order valence-electron chi connectivity index (χ4n) is 3.97. The number of thiophene rings is 1. The monoisotopic (exact) mass is 440 g/mol. The highest BCUT2D eigenvalue weighted by molar-refractivity contribution is 7.18. The first-order valence-electron chi connectivity index (χ1n) is 10.2. The van der Waals surface area contributed by atoms with Gasteiger partial charge in [0.2, 0.25) is 0 Å². The molecule has 0 radical (unpaired) electrons. The third kappa shape index (κ3) is 5.00. The molecule has 3 fully saturated rings. The summed E-state index contributed by atoms with van der Waals surface area (Å²) in [6.07, 6.45) is 0. The smallest absolute Gasteiger partial charge is 0.348 e. The Morgan fingerprint density at radius 1 is 1.07 bits per heavy atom. The van der Waals surface area contributed by atoms with Gasteiger partial charge in [-0.25, -0.2) is 9.59 Å². The minimum atomic E-state index is -0.559. The number of nitrogens with one attached hydrogen (secondary N) is 1. The minimum Gasteiger partial charge on any atom is -0.462 e. The lowest BCUT2D eigenvalue weighted by molar-refractivity contribution is -0.933. The van der Waals surface area contributed by atoms with Crippen molar-refractivity contribution < 1.29 is 33.1 Å². The maximum absolute atomic E-state index is 12.9. The van der Waals surface area contributed by atoms with Gasteiger partial charge in [0.1, 0.15) is 16.5 Å². The Labute approximate surface area is 180 Å². The molecule has 1 N–H and O–H groups in total. The van der Waals surface area contributed by atoms with Crippen LogP contribution in [0.1, 0.15) is 32.5 Å². The average molecular weight is 441 g/mol. The molecule has 4 heterocycles. The number of hydrogen-bond donors (Lipinski definition) is 1. The third-order valence-electron chi connectivity index (χ3n) is 5.74. The van der Waals surface area contributed by atoms with Crippen molar-refractivity contribution in [2.45, 2.75) is 13.8 Å². The zero-order valence-electron chi connectivity index (χ0n) is 17.8. The predicted molar refractivity (Wildman–Crippen MR) is 112 cm³/mol. The second kappa shape index (κ2) is 9.86. The first-order valence-corrected chi connectivity index (χ1v) is 11.0. The van der Waals surface area contributed by atoms with E-state index in [9.17, 15) is 14.4 Å². The number of piperazine rings is 3. The highest BCUT2D eigenvalue weighted by Gasteiger charge is 2.40. The number of esters is 2. The molecule has 1 aromatic heterocycles. The molecule has 0 atom stereocenters. The van der Waals surface area contributed by atoms with Crippen molar-refractivity contribution in [2.24, 2.45) is 0 Å². The molecule has 0 aromatic carbocycles. The summed E-state index contributed by atoms with van der Waals surface area (Å²) in [5.74, 6) is -1.26. The summed E-state index contributed by atoms with van der Waals surface area (Å²) in [5.41, 5.74) is 0.673. The summed E-state index contributed by atoms with van der Waals surface area (Å²) in [6, 6.07) is 0. The van der Waals surface area contributed by atoms with E-state index in [1.807, 2.05) is 0 Å². The Bertz CT molecular complexity index is 787. The van der Waals surface area contributed by atoms with E-state index >= 15 is 0 Å². The highest BCUT2D eigenvalue weighted by Crippen LogP contribution is 2.34. The molecule has 3 aliphatic heterocycles. The lowest BCUT2D eigenvalue weighted by atomic mass is 10.1. The molecule has 4 rings (SSSR count). The summed E-state index contributed by atoms with van der Waals surface area (Å²) in [5, 5.41) is 3.21. The van der Waals surface area contributed by atoms with E-state index in [1.54, 1.807) is 13.8 Å². The molecule has 30 heavy (non-hydrogen) atoms. The van der Waals surface area contributed by atoms with Crippen molar-refractivity contribution in [3.63, 3.8) is 0 Å². The van der Waals surface area contributed by atoms with E-state index in [0.29, 0.717) is 17.1 Å².